The van der Waals surface area contributed by atoms with Crippen LogP contribution in [0.4, 0.5) is 10.1 Å². The molecule has 110 valence electrons. The minimum absolute atomic E-state index is 0.0374. The van der Waals surface area contributed by atoms with Gasteiger partial charge in [0.15, 0.2) is 0 Å². The number of halogens is 1. The summed E-state index contributed by atoms with van der Waals surface area (Å²) in [5.41, 5.74) is 0.361. The molecule has 1 N–H and O–H groups in total. The first-order chi connectivity index (χ1) is 9.90. The van der Waals surface area contributed by atoms with Gasteiger partial charge in [0.05, 0.1) is 11.0 Å². The van der Waals surface area contributed by atoms with Crippen molar-refractivity contribution in [2.75, 3.05) is 0 Å². The first-order valence-electron chi connectivity index (χ1n) is 6.29. The second-order valence-electron chi connectivity index (χ2n) is 4.64. The molecule has 0 spiro atoms. The average Bonchev–Trinajstić information content (AvgIpc) is 2.42. The Morgan fingerprint density at radius 3 is 2.57 bits per heavy atom. The highest BCUT2D eigenvalue weighted by atomic mass is 19.1. The van der Waals surface area contributed by atoms with Crippen molar-refractivity contribution in [2.45, 2.75) is 20.0 Å². The Morgan fingerprint density at radius 2 is 1.95 bits per heavy atom. The zero-order valence-corrected chi connectivity index (χ0v) is 11.5. The Morgan fingerprint density at radius 1 is 1.29 bits per heavy atom. The molecule has 21 heavy (non-hydrogen) atoms. The molecule has 0 saturated heterocycles. The fourth-order valence-corrected chi connectivity index (χ4v) is 1.90. The number of ether oxygens (including phenoxy) is 1. The molecule has 2 aromatic rings. The highest BCUT2D eigenvalue weighted by molar-refractivity contribution is 5.50. The summed E-state index contributed by atoms with van der Waals surface area (Å²) in [6, 6.07) is 8.46. The predicted octanol–water partition coefficient (Wildman–Crippen LogP) is 3.89. The van der Waals surface area contributed by atoms with Gasteiger partial charge in [0.25, 0.3) is 0 Å². The standard InChI is InChI=1S/C15H14FNO4/c1-9-7-15(11(10(2)18)8-12(9)16)21-14-6-4-3-5-13(14)17(19)20/h3-8,10,18H,1-2H3/t10-/m1/s1. The predicted molar refractivity (Wildman–Crippen MR) is 74.9 cm³/mol. The van der Waals surface area contributed by atoms with Gasteiger partial charge in [-0.25, -0.2) is 4.39 Å². The van der Waals surface area contributed by atoms with Gasteiger partial charge in [-0.15, -0.1) is 0 Å². The topological polar surface area (TPSA) is 72.6 Å². The van der Waals surface area contributed by atoms with Gasteiger partial charge >= 0.3 is 5.69 Å². The van der Waals surface area contributed by atoms with Gasteiger partial charge in [0, 0.05) is 11.6 Å². The number of aliphatic hydroxyl groups excluding tert-OH is 1. The number of nitrogens with zero attached hydrogens (tertiary/aromatic N) is 1. The lowest BCUT2D eigenvalue weighted by Crippen LogP contribution is -2.00. The first kappa shape index (κ1) is 14.9. The molecule has 0 unspecified atom stereocenters. The molecule has 0 aliphatic rings. The summed E-state index contributed by atoms with van der Waals surface area (Å²) in [7, 11) is 0. The molecule has 0 aliphatic carbocycles. The summed E-state index contributed by atoms with van der Waals surface area (Å²) in [5.74, 6) is -0.241. The van der Waals surface area contributed by atoms with Crippen molar-refractivity contribution >= 4 is 5.69 Å². The third-order valence-electron chi connectivity index (χ3n) is 3.02. The van der Waals surface area contributed by atoms with Crippen molar-refractivity contribution in [2.24, 2.45) is 0 Å². The number of aryl methyl sites for hydroxylation is 1. The van der Waals surface area contributed by atoms with Crippen molar-refractivity contribution in [1.82, 2.24) is 0 Å². The molecule has 0 amide bonds. The van der Waals surface area contributed by atoms with E-state index in [2.05, 4.69) is 0 Å². The smallest absolute Gasteiger partial charge is 0.311 e. The minimum atomic E-state index is -0.960. The van der Waals surface area contributed by atoms with Gasteiger partial charge in [-0.05, 0) is 37.6 Å². The number of hydrogen-bond acceptors (Lipinski definition) is 4. The summed E-state index contributed by atoms with van der Waals surface area (Å²) in [6.07, 6.45) is -0.960. The minimum Gasteiger partial charge on any atom is -0.450 e. The monoisotopic (exact) mass is 291 g/mol. The van der Waals surface area contributed by atoms with Crippen LogP contribution in [0.2, 0.25) is 0 Å². The molecule has 6 heteroatoms. The van der Waals surface area contributed by atoms with Crippen LogP contribution in [0.25, 0.3) is 0 Å². The molecule has 0 aromatic heterocycles. The molecular formula is C15H14FNO4. The first-order valence-corrected chi connectivity index (χ1v) is 6.29. The van der Waals surface area contributed by atoms with E-state index in [0.29, 0.717) is 5.56 Å². The van der Waals surface area contributed by atoms with Gasteiger partial charge in [-0.1, -0.05) is 12.1 Å². The van der Waals surface area contributed by atoms with Crippen LogP contribution >= 0.6 is 0 Å². The number of aliphatic hydroxyl groups is 1. The molecule has 5 nitrogen and oxygen atoms in total. The number of nitro groups is 1. The van der Waals surface area contributed by atoms with Crippen LogP contribution in [0.15, 0.2) is 36.4 Å². The summed E-state index contributed by atoms with van der Waals surface area (Å²) in [5, 5.41) is 20.7. The maximum absolute atomic E-state index is 13.6. The number of rotatable bonds is 4. The molecule has 0 fully saturated rings. The van der Waals surface area contributed by atoms with E-state index in [0.717, 1.165) is 0 Å². The van der Waals surface area contributed by atoms with E-state index in [9.17, 15) is 19.6 Å². The summed E-state index contributed by atoms with van der Waals surface area (Å²) in [6.45, 7) is 3.02. The quantitative estimate of drug-likeness (QED) is 0.685. The van der Waals surface area contributed by atoms with Gasteiger partial charge in [0.1, 0.15) is 11.6 Å². The second kappa shape index (κ2) is 5.88. The van der Waals surface area contributed by atoms with E-state index in [1.165, 1.54) is 37.3 Å². The van der Waals surface area contributed by atoms with Crippen molar-refractivity contribution in [3.63, 3.8) is 0 Å². The van der Waals surface area contributed by atoms with Crippen molar-refractivity contribution < 1.29 is 19.2 Å². The fourth-order valence-electron chi connectivity index (χ4n) is 1.90. The zero-order chi connectivity index (χ0) is 15.6. The molecule has 0 bridgehead atoms. The Kier molecular flexibility index (Phi) is 4.18. The lowest BCUT2D eigenvalue weighted by Gasteiger charge is -2.14. The molecular weight excluding hydrogens is 277 g/mol. The molecule has 0 saturated carbocycles. The van der Waals surface area contributed by atoms with E-state index >= 15 is 0 Å². The highest BCUT2D eigenvalue weighted by Gasteiger charge is 2.18. The second-order valence-corrected chi connectivity index (χ2v) is 4.64. The van der Waals surface area contributed by atoms with Crippen LogP contribution in [0.1, 0.15) is 24.2 Å². The van der Waals surface area contributed by atoms with Crippen LogP contribution in [0.3, 0.4) is 0 Å². The summed E-state index contributed by atoms with van der Waals surface area (Å²) in [4.78, 5) is 10.4. The van der Waals surface area contributed by atoms with E-state index < -0.39 is 16.8 Å². The Hall–Kier alpha value is -2.47. The molecule has 1 atom stereocenters. The maximum Gasteiger partial charge on any atom is 0.311 e. The SMILES string of the molecule is Cc1cc(Oc2ccccc2[N+](=O)[O-])c([C@@H](C)O)cc1F. The van der Waals surface area contributed by atoms with Crippen molar-refractivity contribution in [1.29, 1.82) is 0 Å². The van der Waals surface area contributed by atoms with Gasteiger partial charge in [0.2, 0.25) is 5.75 Å². The van der Waals surface area contributed by atoms with Crippen molar-refractivity contribution in [3.05, 3.63) is 63.5 Å². The summed E-state index contributed by atoms with van der Waals surface area (Å²) < 4.78 is 19.1. The van der Waals surface area contributed by atoms with Gasteiger partial charge in [-0.3, -0.25) is 10.1 Å². The third kappa shape index (κ3) is 3.17. The van der Waals surface area contributed by atoms with Crippen LogP contribution in [-0.2, 0) is 0 Å². The van der Waals surface area contributed by atoms with E-state index in [1.807, 2.05) is 0 Å². The Bertz CT molecular complexity index is 685. The average molecular weight is 291 g/mol. The number of para-hydroxylation sites is 2. The molecule has 2 aromatic carbocycles. The lowest BCUT2D eigenvalue weighted by molar-refractivity contribution is -0.385. The maximum atomic E-state index is 13.6. The van der Waals surface area contributed by atoms with Crippen LogP contribution in [0.5, 0.6) is 11.5 Å². The fraction of sp³-hybridized carbons (Fsp3) is 0.200. The van der Waals surface area contributed by atoms with Crippen LogP contribution < -0.4 is 4.74 Å². The highest BCUT2D eigenvalue weighted by Crippen LogP contribution is 2.35. The molecule has 2 rings (SSSR count). The summed E-state index contributed by atoms with van der Waals surface area (Å²) >= 11 is 0. The zero-order valence-electron chi connectivity index (χ0n) is 11.5. The third-order valence-corrected chi connectivity index (χ3v) is 3.02. The molecule has 0 aliphatic heterocycles. The number of nitro benzene ring substituents is 1. The number of benzene rings is 2. The molecule has 0 heterocycles. The van der Waals surface area contributed by atoms with Crippen LogP contribution in [-0.4, -0.2) is 10.0 Å². The normalized spacial score (nSPS) is 12.0. The molecule has 0 radical (unpaired) electrons. The van der Waals surface area contributed by atoms with Crippen LogP contribution in [0, 0.1) is 22.9 Å². The number of hydrogen-bond donors (Lipinski definition) is 1. The van der Waals surface area contributed by atoms with Gasteiger partial charge in [-0.2, -0.15) is 0 Å². The van der Waals surface area contributed by atoms with E-state index in [4.69, 9.17) is 4.74 Å². The van der Waals surface area contributed by atoms with E-state index in [1.54, 1.807) is 13.0 Å². The van der Waals surface area contributed by atoms with Crippen molar-refractivity contribution in [3.8, 4) is 11.5 Å². The largest absolute Gasteiger partial charge is 0.450 e. The van der Waals surface area contributed by atoms with E-state index in [-0.39, 0.29) is 22.7 Å². The van der Waals surface area contributed by atoms with Gasteiger partial charge < -0.3 is 9.84 Å². The Balaban J connectivity index is 2.49. The Labute approximate surface area is 120 Å². The lowest BCUT2D eigenvalue weighted by atomic mass is 10.1.